The Kier molecular flexibility index (Phi) is 5.16. The Morgan fingerprint density at radius 3 is 2.57 bits per heavy atom. The van der Waals surface area contributed by atoms with E-state index in [2.05, 4.69) is 35.3 Å². The molecule has 4 aromatic rings. The molecule has 1 unspecified atom stereocenters. The van der Waals surface area contributed by atoms with Crippen molar-refractivity contribution in [1.29, 1.82) is 0 Å². The summed E-state index contributed by atoms with van der Waals surface area (Å²) in [5.41, 5.74) is 0.826. The number of hydrogen-bond acceptors (Lipinski definition) is 4. The maximum atomic E-state index is 11.3. The topological polar surface area (TPSA) is 42.4 Å². The van der Waals surface area contributed by atoms with E-state index in [1.807, 2.05) is 50.2 Å². The molecule has 28 heavy (non-hydrogen) atoms. The molecular formula is C24H23NO2S. The molecule has 0 aliphatic rings. The Balaban J connectivity index is 1.56. The molecule has 0 radical (unpaired) electrons. The van der Waals surface area contributed by atoms with E-state index in [0.29, 0.717) is 13.0 Å². The van der Waals surface area contributed by atoms with Crippen molar-refractivity contribution >= 4 is 22.1 Å². The van der Waals surface area contributed by atoms with Crippen molar-refractivity contribution in [1.82, 2.24) is 4.98 Å². The minimum atomic E-state index is -1.10. The van der Waals surface area contributed by atoms with Gasteiger partial charge in [-0.25, -0.2) is 4.98 Å². The van der Waals surface area contributed by atoms with Crippen LogP contribution in [0.25, 0.3) is 10.8 Å². The molecular weight excluding hydrogens is 366 g/mol. The SMILES string of the molecule is CCC(O)(c1cccc(OCc2ccc3ccccc3c2)c1)c1ncc(C)s1. The highest BCUT2D eigenvalue weighted by Gasteiger charge is 2.33. The van der Waals surface area contributed by atoms with Crippen molar-refractivity contribution in [2.24, 2.45) is 0 Å². The fourth-order valence-electron chi connectivity index (χ4n) is 3.36. The van der Waals surface area contributed by atoms with Gasteiger partial charge in [0.05, 0.1) is 0 Å². The highest BCUT2D eigenvalue weighted by Crippen LogP contribution is 2.36. The predicted octanol–water partition coefficient (Wildman–Crippen LogP) is 5.83. The second-order valence-corrected chi connectivity index (χ2v) is 8.22. The van der Waals surface area contributed by atoms with Gasteiger partial charge in [-0.1, -0.05) is 55.5 Å². The average molecular weight is 390 g/mol. The molecule has 3 nitrogen and oxygen atoms in total. The van der Waals surface area contributed by atoms with Gasteiger partial charge < -0.3 is 9.84 Å². The number of rotatable bonds is 6. The summed E-state index contributed by atoms with van der Waals surface area (Å²) in [6.07, 6.45) is 2.36. The van der Waals surface area contributed by atoms with Gasteiger partial charge in [0, 0.05) is 11.1 Å². The van der Waals surface area contributed by atoms with Gasteiger partial charge in [0.2, 0.25) is 0 Å². The number of ether oxygens (including phenoxy) is 1. The number of aliphatic hydroxyl groups is 1. The Labute approximate surface area is 169 Å². The minimum Gasteiger partial charge on any atom is -0.489 e. The Bertz CT molecular complexity index is 1100. The summed E-state index contributed by atoms with van der Waals surface area (Å²) in [5.74, 6) is 0.741. The molecule has 0 aliphatic heterocycles. The van der Waals surface area contributed by atoms with Gasteiger partial charge in [-0.3, -0.25) is 0 Å². The van der Waals surface area contributed by atoms with Crippen LogP contribution in [0.1, 0.15) is 34.4 Å². The van der Waals surface area contributed by atoms with Crippen molar-refractivity contribution in [2.75, 3.05) is 0 Å². The van der Waals surface area contributed by atoms with Gasteiger partial charge in [0.25, 0.3) is 0 Å². The van der Waals surface area contributed by atoms with Gasteiger partial charge in [-0.05, 0) is 53.4 Å². The van der Waals surface area contributed by atoms with Crippen molar-refractivity contribution < 1.29 is 9.84 Å². The molecule has 0 amide bonds. The lowest BCUT2D eigenvalue weighted by Gasteiger charge is -2.25. The zero-order chi connectivity index (χ0) is 19.6. The molecule has 1 heterocycles. The van der Waals surface area contributed by atoms with E-state index >= 15 is 0 Å². The van der Waals surface area contributed by atoms with E-state index in [9.17, 15) is 5.11 Å². The van der Waals surface area contributed by atoms with Gasteiger partial charge >= 0.3 is 0 Å². The van der Waals surface area contributed by atoms with Gasteiger partial charge in [0.15, 0.2) is 0 Å². The molecule has 0 aliphatic carbocycles. The van der Waals surface area contributed by atoms with Crippen LogP contribution in [0.15, 0.2) is 72.9 Å². The summed E-state index contributed by atoms with van der Waals surface area (Å²) in [6.45, 7) is 4.45. The number of fused-ring (bicyclic) bond motifs is 1. The van der Waals surface area contributed by atoms with E-state index in [4.69, 9.17) is 4.74 Å². The van der Waals surface area contributed by atoms with Crippen LogP contribution in [0.5, 0.6) is 5.75 Å². The van der Waals surface area contributed by atoms with E-state index in [1.54, 1.807) is 6.20 Å². The summed E-state index contributed by atoms with van der Waals surface area (Å²) >= 11 is 1.53. The quantitative estimate of drug-likeness (QED) is 0.451. The van der Waals surface area contributed by atoms with Gasteiger partial charge in [-0.2, -0.15) is 0 Å². The average Bonchev–Trinajstić information content (AvgIpc) is 3.18. The molecule has 0 saturated carbocycles. The molecule has 4 heteroatoms. The highest BCUT2D eigenvalue weighted by atomic mass is 32.1. The molecule has 0 saturated heterocycles. The fourth-order valence-corrected chi connectivity index (χ4v) is 4.31. The first-order valence-electron chi connectivity index (χ1n) is 9.45. The number of aryl methyl sites for hydroxylation is 1. The normalized spacial score (nSPS) is 13.4. The van der Waals surface area contributed by atoms with E-state index in [-0.39, 0.29) is 0 Å². The van der Waals surface area contributed by atoms with Gasteiger partial charge in [-0.15, -0.1) is 11.3 Å². The van der Waals surface area contributed by atoms with Crippen molar-refractivity contribution in [3.05, 3.63) is 93.9 Å². The zero-order valence-corrected chi connectivity index (χ0v) is 16.9. The minimum absolute atomic E-state index is 0.481. The van der Waals surface area contributed by atoms with Crippen LogP contribution < -0.4 is 4.74 Å². The van der Waals surface area contributed by atoms with Crippen LogP contribution in [0.3, 0.4) is 0 Å². The first-order chi connectivity index (χ1) is 13.6. The van der Waals surface area contributed by atoms with Crippen LogP contribution in [0.2, 0.25) is 0 Å². The Morgan fingerprint density at radius 1 is 1.00 bits per heavy atom. The third kappa shape index (κ3) is 3.66. The lowest BCUT2D eigenvalue weighted by Crippen LogP contribution is -2.26. The first kappa shape index (κ1) is 18.7. The monoisotopic (exact) mass is 389 g/mol. The lowest BCUT2D eigenvalue weighted by molar-refractivity contribution is 0.0758. The summed E-state index contributed by atoms with van der Waals surface area (Å²) in [6, 6.07) is 22.4. The highest BCUT2D eigenvalue weighted by molar-refractivity contribution is 7.11. The van der Waals surface area contributed by atoms with E-state index < -0.39 is 5.60 Å². The molecule has 4 rings (SSSR count). The predicted molar refractivity (Wildman–Crippen MR) is 115 cm³/mol. The Hall–Kier alpha value is -2.69. The second-order valence-electron chi connectivity index (χ2n) is 6.99. The molecule has 0 bridgehead atoms. The van der Waals surface area contributed by atoms with Crippen molar-refractivity contribution in [2.45, 2.75) is 32.5 Å². The summed E-state index contributed by atoms with van der Waals surface area (Å²) in [4.78, 5) is 5.50. The maximum Gasteiger partial charge on any atom is 0.141 e. The number of aromatic nitrogens is 1. The maximum absolute atomic E-state index is 11.3. The summed E-state index contributed by atoms with van der Waals surface area (Å²) in [5, 5.41) is 14.4. The van der Waals surface area contributed by atoms with Crippen LogP contribution in [0, 0.1) is 6.92 Å². The molecule has 1 atom stereocenters. The van der Waals surface area contributed by atoms with Crippen molar-refractivity contribution in [3.8, 4) is 5.75 Å². The van der Waals surface area contributed by atoms with Crippen LogP contribution in [0.4, 0.5) is 0 Å². The second kappa shape index (κ2) is 7.74. The third-order valence-electron chi connectivity index (χ3n) is 5.02. The summed E-state index contributed by atoms with van der Waals surface area (Å²) in [7, 11) is 0. The molecule has 0 spiro atoms. The summed E-state index contributed by atoms with van der Waals surface area (Å²) < 4.78 is 6.03. The first-order valence-corrected chi connectivity index (χ1v) is 10.3. The van der Waals surface area contributed by atoms with Crippen LogP contribution >= 0.6 is 11.3 Å². The largest absolute Gasteiger partial charge is 0.489 e. The molecule has 3 aromatic carbocycles. The number of thiazole rings is 1. The van der Waals surface area contributed by atoms with Crippen LogP contribution in [-0.4, -0.2) is 10.1 Å². The molecule has 0 fully saturated rings. The lowest BCUT2D eigenvalue weighted by atomic mass is 9.91. The Morgan fingerprint density at radius 2 is 1.82 bits per heavy atom. The van der Waals surface area contributed by atoms with E-state index in [0.717, 1.165) is 26.8 Å². The smallest absolute Gasteiger partial charge is 0.141 e. The number of benzene rings is 3. The van der Waals surface area contributed by atoms with Crippen molar-refractivity contribution in [3.63, 3.8) is 0 Å². The fraction of sp³-hybridized carbons (Fsp3) is 0.208. The number of nitrogens with zero attached hydrogens (tertiary/aromatic N) is 1. The van der Waals surface area contributed by atoms with E-state index in [1.165, 1.54) is 22.1 Å². The molecule has 1 N–H and O–H groups in total. The third-order valence-corrected chi connectivity index (χ3v) is 6.08. The molecule has 1 aromatic heterocycles. The standard InChI is InChI=1S/C24H23NO2S/c1-3-24(26,23-25-15-17(2)28-23)21-9-6-10-22(14-21)27-16-18-11-12-19-7-4-5-8-20(19)13-18/h4-15,26H,3,16H2,1-2H3. The molecule has 142 valence electrons. The number of hydrogen-bond donors (Lipinski definition) is 1. The van der Waals surface area contributed by atoms with Gasteiger partial charge in [0.1, 0.15) is 23.0 Å². The zero-order valence-electron chi connectivity index (χ0n) is 16.1. The van der Waals surface area contributed by atoms with Crippen LogP contribution in [-0.2, 0) is 12.2 Å².